The second-order valence-electron chi connectivity index (χ2n) is 5.66. The van der Waals surface area contributed by atoms with Crippen molar-refractivity contribution in [3.63, 3.8) is 0 Å². The average Bonchev–Trinajstić information content (AvgIpc) is 2.36. The molecule has 19 heavy (non-hydrogen) atoms. The SMILES string of the molecule is CN(C)S(=O)(=O)N1C(C(=O)O)CCC2CCCCC21. The number of aliphatic carboxylic acids is 1. The van der Waals surface area contributed by atoms with Gasteiger partial charge in [-0.1, -0.05) is 12.8 Å². The maximum absolute atomic E-state index is 12.4. The molecule has 1 aliphatic carbocycles. The highest BCUT2D eigenvalue weighted by Gasteiger charge is 2.47. The first-order chi connectivity index (χ1) is 8.85. The zero-order chi connectivity index (χ0) is 14.2. The third-order valence-corrected chi connectivity index (χ3v) is 6.31. The molecule has 2 aliphatic rings. The fourth-order valence-electron chi connectivity index (χ4n) is 3.34. The lowest BCUT2D eigenvalue weighted by molar-refractivity contribution is -0.144. The Kier molecular flexibility index (Phi) is 4.17. The van der Waals surface area contributed by atoms with Gasteiger partial charge in [0.05, 0.1) is 0 Å². The topological polar surface area (TPSA) is 77.9 Å². The molecule has 3 atom stereocenters. The van der Waals surface area contributed by atoms with E-state index in [-0.39, 0.29) is 6.04 Å². The molecule has 6 nitrogen and oxygen atoms in total. The molecule has 1 aliphatic heterocycles. The normalized spacial score (nSPS) is 33.1. The minimum atomic E-state index is -3.68. The van der Waals surface area contributed by atoms with Crippen LogP contribution in [-0.2, 0) is 15.0 Å². The van der Waals surface area contributed by atoms with E-state index in [0.29, 0.717) is 12.3 Å². The van der Waals surface area contributed by atoms with Crippen LogP contribution in [0.15, 0.2) is 0 Å². The molecule has 0 spiro atoms. The third kappa shape index (κ3) is 2.64. The van der Waals surface area contributed by atoms with Crippen molar-refractivity contribution in [1.29, 1.82) is 0 Å². The van der Waals surface area contributed by atoms with Gasteiger partial charge >= 0.3 is 5.97 Å². The number of hydrogen-bond acceptors (Lipinski definition) is 3. The number of rotatable bonds is 3. The Balaban J connectivity index is 2.37. The van der Waals surface area contributed by atoms with Crippen LogP contribution >= 0.6 is 0 Å². The van der Waals surface area contributed by atoms with E-state index in [0.717, 1.165) is 36.4 Å². The van der Waals surface area contributed by atoms with Gasteiger partial charge in [0, 0.05) is 20.1 Å². The average molecular weight is 290 g/mol. The van der Waals surface area contributed by atoms with E-state index < -0.39 is 22.2 Å². The molecule has 1 saturated carbocycles. The van der Waals surface area contributed by atoms with Gasteiger partial charge in [-0.3, -0.25) is 4.79 Å². The van der Waals surface area contributed by atoms with Crippen LogP contribution in [0.2, 0.25) is 0 Å². The molecule has 2 rings (SSSR count). The first-order valence-electron chi connectivity index (χ1n) is 6.79. The molecular formula is C12H22N2O4S. The van der Waals surface area contributed by atoms with Crippen LogP contribution < -0.4 is 0 Å². The van der Waals surface area contributed by atoms with Gasteiger partial charge in [0.2, 0.25) is 0 Å². The van der Waals surface area contributed by atoms with E-state index in [4.69, 9.17) is 0 Å². The van der Waals surface area contributed by atoms with E-state index in [2.05, 4.69) is 0 Å². The lowest BCUT2D eigenvalue weighted by Crippen LogP contribution is -2.59. The lowest BCUT2D eigenvalue weighted by Gasteiger charge is -2.46. The summed E-state index contributed by atoms with van der Waals surface area (Å²) < 4.78 is 27.3. The standard InChI is InChI=1S/C12H22N2O4S/c1-13(2)19(17,18)14-10-6-4-3-5-9(10)7-8-11(14)12(15)16/h9-11H,3-8H2,1-2H3,(H,15,16). The van der Waals surface area contributed by atoms with Crippen LogP contribution in [0, 0.1) is 5.92 Å². The fourth-order valence-corrected chi connectivity index (χ4v) is 4.86. The molecule has 0 aromatic carbocycles. The van der Waals surface area contributed by atoms with Crippen LogP contribution in [0.5, 0.6) is 0 Å². The van der Waals surface area contributed by atoms with Crippen molar-refractivity contribution in [3.8, 4) is 0 Å². The Morgan fingerprint density at radius 3 is 2.37 bits per heavy atom. The molecule has 1 saturated heterocycles. The monoisotopic (exact) mass is 290 g/mol. The zero-order valence-electron chi connectivity index (χ0n) is 11.4. The minimum Gasteiger partial charge on any atom is -0.480 e. The second-order valence-corrected chi connectivity index (χ2v) is 7.71. The van der Waals surface area contributed by atoms with Crippen molar-refractivity contribution in [2.75, 3.05) is 14.1 Å². The Morgan fingerprint density at radius 2 is 1.79 bits per heavy atom. The van der Waals surface area contributed by atoms with Crippen molar-refractivity contribution in [1.82, 2.24) is 8.61 Å². The van der Waals surface area contributed by atoms with Gasteiger partial charge in [0.25, 0.3) is 10.2 Å². The summed E-state index contributed by atoms with van der Waals surface area (Å²) in [7, 11) is -0.761. The molecule has 110 valence electrons. The Labute approximate surface area is 114 Å². The number of piperidine rings is 1. The van der Waals surface area contributed by atoms with Crippen LogP contribution in [0.3, 0.4) is 0 Å². The molecular weight excluding hydrogens is 268 g/mol. The summed E-state index contributed by atoms with van der Waals surface area (Å²) in [6.45, 7) is 0. The molecule has 1 N–H and O–H groups in total. The summed E-state index contributed by atoms with van der Waals surface area (Å²) in [6, 6.07) is -1.05. The quantitative estimate of drug-likeness (QED) is 0.837. The third-order valence-electron chi connectivity index (χ3n) is 4.33. The first-order valence-corrected chi connectivity index (χ1v) is 8.19. The van der Waals surface area contributed by atoms with Gasteiger partial charge in [-0.25, -0.2) is 0 Å². The number of carboxylic acid groups (broad SMARTS) is 1. The van der Waals surface area contributed by atoms with Gasteiger partial charge in [-0.2, -0.15) is 17.0 Å². The molecule has 3 unspecified atom stereocenters. The molecule has 0 bridgehead atoms. The van der Waals surface area contributed by atoms with Crippen molar-refractivity contribution in [2.24, 2.45) is 5.92 Å². The molecule has 0 aromatic heterocycles. The number of fused-ring (bicyclic) bond motifs is 1. The van der Waals surface area contributed by atoms with Crippen LogP contribution in [-0.4, -0.2) is 54.3 Å². The summed E-state index contributed by atoms with van der Waals surface area (Å²) in [4.78, 5) is 11.4. The summed E-state index contributed by atoms with van der Waals surface area (Å²) in [5, 5.41) is 9.32. The number of carbonyl (C=O) groups is 1. The summed E-state index contributed by atoms with van der Waals surface area (Å²) in [5.74, 6) is -0.714. The van der Waals surface area contributed by atoms with E-state index in [1.807, 2.05) is 0 Å². The van der Waals surface area contributed by atoms with Crippen molar-refractivity contribution in [3.05, 3.63) is 0 Å². The minimum absolute atomic E-state index is 0.143. The van der Waals surface area contributed by atoms with Gasteiger partial charge < -0.3 is 5.11 Å². The number of nitrogens with zero attached hydrogens (tertiary/aromatic N) is 2. The van der Waals surface area contributed by atoms with E-state index in [1.54, 1.807) is 0 Å². The highest BCUT2D eigenvalue weighted by molar-refractivity contribution is 7.86. The first kappa shape index (κ1) is 14.7. The van der Waals surface area contributed by atoms with Gasteiger partial charge in [0.15, 0.2) is 0 Å². The van der Waals surface area contributed by atoms with Crippen LogP contribution in [0.25, 0.3) is 0 Å². The zero-order valence-corrected chi connectivity index (χ0v) is 12.3. The largest absolute Gasteiger partial charge is 0.480 e. The predicted octanol–water partition coefficient (Wildman–Crippen LogP) is 0.901. The van der Waals surface area contributed by atoms with Crippen molar-refractivity contribution in [2.45, 2.75) is 50.6 Å². The van der Waals surface area contributed by atoms with Crippen LogP contribution in [0.1, 0.15) is 38.5 Å². The van der Waals surface area contributed by atoms with Crippen molar-refractivity contribution >= 4 is 16.2 Å². The lowest BCUT2D eigenvalue weighted by atomic mass is 9.78. The fraction of sp³-hybridized carbons (Fsp3) is 0.917. The highest BCUT2D eigenvalue weighted by atomic mass is 32.2. The molecule has 0 aromatic rings. The molecule has 7 heteroatoms. The highest BCUT2D eigenvalue weighted by Crippen LogP contribution is 2.39. The summed E-state index contributed by atoms with van der Waals surface area (Å²) >= 11 is 0. The second kappa shape index (κ2) is 5.38. The number of carboxylic acids is 1. The van der Waals surface area contributed by atoms with E-state index in [9.17, 15) is 18.3 Å². The summed E-state index contributed by atoms with van der Waals surface area (Å²) in [6.07, 6.45) is 5.13. The predicted molar refractivity (Wildman–Crippen MR) is 70.8 cm³/mol. The Bertz CT molecular complexity index is 449. The van der Waals surface area contributed by atoms with Gasteiger partial charge in [-0.05, 0) is 31.6 Å². The maximum Gasteiger partial charge on any atom is 0.322 e. The van der Waals surface area contributed by atoms with Crippen LogP contribution in [0.4, 0.5) is 0 Å². The smallest absolute Gasteiger partial charge is 0.322 e. The summed E-state index contributed by atoms with van der Waals surface area (Å²) in [5.41, 5.74) is 0. The van der Waals surface area contributed by atoms with Gasteiger partial charge in [0.1, 0.15) is 6.04 Å². The Hall–Kier alpha value is -0.660. The molecule has 0 radical (unpaired) electrons. The molecule has 2 fully saturated rings. The Morgan fingerprint density at radius 1 is 1.16 bits per heavy atom. The van der Waals surface area contributed by atoms with E-state index >= 15 is 0 Å². The van der Waals surface area contributed by atoms with Gasteiger partial charge in [-0.15, -0.1) is 0 Å². The maximum atomic E-state index is 12.4. The molecule has 0 amide bonds. The van der Waals surface area contributed by atoms with Crippen molar-refractivity contribution < 1.29 is 18.3 Å². The van der Waals surface area contributed by atoms with E-state index in [1.165, 1.54) is 18.4 Å². The number of hydrogen-bond donors (Lipinski definition) is 1. The molecule has 1 heterocycles.